The molecule has 0 fully saturated rings. The molecule has 18 heavy (non-hydrogen) atoms. The second-order valence-corrected chi connectivity index (χ2v) is 4.81. The van der Waals surface area contributed by atoms with Gasteiger partial charge in [-0.25, -0.2) is 9.97 Å². The summed E-state index contributed by atoms with van der Waals surface area (Å²) in [5.41, 5.74) is 2.26. The molecule has 0 atom stereocenters. The van der Waals surface area contributed by atoms with Crippen LogP contribution in [0.15, 0.2) is 0 Å². The molecule has 5 heteroatoms. The summed E-state index contributed by atoms with van der Waals surface area (Å²) in [5, 5.41) is 3.83. The summed E-state index contributed by atoms with van der Waals surface area (Å²) < 4.78 is 5.28. The van der Waals surface area contributed by atoms with Crippen LogP contribution in [0.5, 0.6) is 0 Å². The lowest BCUT2D eigenvalue weighted by Gasteiger charge is -2.16. The van der Waals surface area contributed by atoms with E-state index in [0.29, 0.717) is 11.1 Å². The number of aryl methyl sites for hydroxylation is 1. The molecule has 0 radical (unpaired) electrons. The molecule has 100 valence electrons. The van der Waals surface area contributed by atoms with Crippen LogP contribution in [0.4, 0.5) is 5.95 Å². The summed E-state index contributed by atoms with van der Waals surface area (Å²) >= 11 is 6.19. The maximum atomic E-state index is 6.19. The largest absolute Gasteiger partial charge is 0.382 e. The maximum absolute atomic E-state index is 6.19. The smallest absolute Gasteiger partial charge is 0.224 e. The molecule has 0 saturated carbocycles. The summed E-state index contributed by atoms with van der Waals surface area (Å²) in [6.07, 6.45) is 5.37. The average molecular weight is 270 g/mol. The number of aromatic nitrogens is 2. The van der Waals surface area contributed by atoms with E-state index in [4.69, 9.17) is 16.3 Å². The van der Waals surface area contributed by atoms with E-state index >= 15 is 0 Å². The van der Waals surface area contributed by atoms with Crippen LogP contribution in [-0.2, 0) is 17.6 Å². The highest BCUT2D eigenvalue weighted by atomic mass is 35.5. The minimum absolute atomic E-state index is 0.618. The van der Waals surface area contributed by atoms with Gasteiger partial charge in [0.1, 0.15) is 5.15 Å². The molecule has 0 unspecified atom stereocenters. The fourth-order valence-electron chi connectivity index (χ4n) is 2.15. The molecule has 1 aliphatic rings. The van der Waals surface area contributed by atoms with Gasteiger partial charge in [0.15, 0.2) is 0 Å². The number of hydrogen-bond acceptors (Lipinski definition) is 4. The van der Waals surface area contributed by atoms with Gasteiger partial charge in [0.2, 0.25) is 5.95 Å². The first kappa shape index (κ1) is 13.6. The van der Waals surface area contributed by atoms with Crippen molar-refractivity contribution in [2.24, 2.45) is 0 Å². The van der Waals surface area contributed by atoms with Gasteiger partial charge in [0.05, 0.1) is 5.69 Å². The van der Waals surface area contributed by atoms with Crippen molar-refractivity contribution in [3.8, 4) is 0 Å². The molecule has 0 spiro atoms. The Morgan fingerprint density at radius 2 is 2.11 bits per heavy atom. The van der Waals surface area contributed by atoms with Crippen molar-refractivity contribution in [1.29, 1.82) is 0 Å². The Morgan fingerprint density at radius 3 is 2.94 bits per heavy atom. The van der Waals surface area contributed by atoms with Gasteiger partial charge in [-0.05, 0) is 39.0 Å². The van der Waals surface area contributed by atoms with Gasteiger partial charge in [-0.2, -0.15) is 0 Å². The number of nitrogens with one attached hydrogen (secondary N) is 1. The average Bonchev–Trinajstić information content (AvgIpc) is 2.39. The SMILES string of the molecule is CCOCCCNc1nc(Cl)c2c(n1)CCCC2. The zero-order valence-electron chi connectivity index (χ0n) is 10.8. The Morgan fingerprint density at radius 1 is 1.28 bits per heavy atom. The topological polar surface area (TPSA) is 47.0 Å². The lowest BCUT2D eigenvalue weighted by Crippen LogP contribution is -2.13. The van der Waals surface area contributed by atoms with Crippen LogP contribution < -0.4 is 5.32 Å². The zero-order valence-corrected chi connectivity index (χ0v) is 11.6. The molecule has 1 heterocycles. The normalized spacial score (nSPS) is 14.3. The lowest BCUT2D eigenvalue weighted by molar-refractivity contribution is 0.147. The van der Waals surface area contributed by atoms with Crippen molar-refractivity contribution >= 4 is 17.5 Å². The second kappa shape index (κ2) is 6.90. The first-order chi connectivity index (χ1) is 8.81. The third kappa shape index (κ3) is 3.56. The van der Waals surface area contributed by atoms with E-state index < -0.39 is 0 Å². The van der Waals surface area contributed by atoms with E-state index in [-0.39, 0.29) is 0 Å². The van der Waals surface area contributed by atoms with E-state index in [1.165, 1.54) is 12.8 Å². The number of fused-ring (bicyclic) bond motifs is 1. The lowest BCUT2D eigenvalue weighted by atomic mass is 9.97. The minimum Gasteiger partial charge on any atom is -0.382 e. The fourth-order valence-corrected chi connectivity index (χ4v) is 2.43. The van der Waals surface area contributed by atoms with E-state index in [2.05, 4.69) is 15.3 Å². The van der Waals surface area contributed by atoms with Crippen molar-refractivity contribution in [2.75, 3.05) is 25.1 Å². The first-order valence-corrected chi connectivity index (χ1v) is 7.06. The van der Waals surface area contributed by atoms with E-state index in [9.17, 15) is 0 Å². The van der Waals surface area contributed by atoms with E-state index in [1.54, 1.807) is 0 Å². The van der Waals surface area contributed by atoms with Gasteiger partial charge in [0, 0.05) is 25.3 Å². The van der Waals surface area contributed by atoms with Crippen molar-refractivity contribution in [2.45, 2.75) is 39.0 Å². The quantitative estimate of drug-likeness (QED) is 0.637. The Kier molecular flexibility index (Phi) is 5.20. The van der Waals surface area contributed by atoms with Gasteiger partial charge in [0.25, 0.3) is 0 Å². The number of nitrogens with zero attached hydrogens (tertiary/aromatic N) is 2. The molecular weight excluding hydrogens is 250 g/mol. The number of hydrogen-bond donors (Lipinski definition) is 1. The predicted molar refractivity (Wildman–Crippen MR) is 73.3 cm³/mol. The Hall–Kier alpha value is -0.870. The maximum Gasteiger partial charge on any atom is 0.224 e. The van der Waals surface area contributed by atoms with E-state index in [0.717, 1.165) is 50.3 Å². The second-order valence-electron chi connectivity index (χ2n) is 4.45. The number of halogens is 1. The van der Waals surface area contributed by atoms with Crippen LogP contribution in [0.25, 0.3) is 0 Å². The molecule has 1 aromatic rings. The molecule has 0 bridgehead atoms. The third-order valence-corrected chi connectivity index (χ3v) is 3.40. The van der Waals surface area contributed by atoms with Crippen molar-refractivity contribution in [1.82, 2.24) is 9.97 Å². The first-order valence-electron chi connectivity index (χ1n) is 6.68. The highest BCUT2D eigenvalue weighted by molar-refractivity contribution is 6.30. The molecule has 0 aliphatic heterocycles. The van der Waals surface area contributed by atoms with Crippen LogP contribution in [0, 0.1) is 0 Å². The highest BCUT2D eigenvalue weighted by Gasteiger charge is 2.16. The molecule has 1 aliphatic carbocycles. The number of ether oxygens (including phenoxy) is 1. The fraction of sp³-hybridized carbons (Fsp3) is 0.692. The molecule has 2 rings (SSSR count). The molecular formula is C13H20ClN3O. The predicted octanol–water partition coefficient (Wildman–Crippen LogP) is 2.85. The van der Waals surface area contributed by atoms with Crippen molar-refractivity contribution in [3.63, 3.8) is 0 Å². The van der Waals surface area contributed by atoms with E-state index in [1.807, 2.05) is 6.92 Å². The van der Waals surface area contributed by atoms with Crippen LogP contribution in [-0.4, -0.2) is 29.7 Å². The van der Waals surface area contributed by atoms with Gasteiger partial charge >= 0.3 is 0 Å². The Balaban J connectivity index is 1.91. The van der Waals surface area contributed by atoms with Crippen molar-refractivity contribution < 1.29 is 4.74 Å². The highest BCUT2D eigenvalue weighted by Crippen LogP contribution is 2.26. The molecule has 1 N–H and O–H groups in total. The monoisotopic (exact) mass is 269 g/mol. The zero-order chi connectivity index (χ0) is 12.8. The molecule has 0 aromatic carbocycles. The summed E-state index contributed by atoms with van der Waals surface area (Å²) in [7, 11) is 0. The standard InChI is InChI=1S/C13H20ClN3O/c1-2-18-9-5-8-15-13-16-11-7-4-3-6-10(11)12(14)17-13/h2-9H2,1H3,(H,15,16,17). The summed E-state index contributed by atoms with van der Waals surface area (Å²) in [6.45, 7) is 4.35. The van der Waals surface area contributed by atoms with Gasteiger partial charge in [-0.15, -0.1) is 0 Å². The summed E-state index contributed by atoms with van der Waals surface area (Å²) in [5.74, 6) is 0.650. The Labute approximate surface area is 113 Å². The van der Waals surface area contributed by atoms with Crippen LogP contribution in [0.2, 0.25) is 5.15 Å². The molecule has 0 amide bonds. The van der Waals surface area contributed by atoms with Crippen LogP contribution >= 0.6 is 11.6 Å². The number of rotatable bonds is 6. The van der Waals surface area contributed by atoms with Crippen LogP contribution in [0.1, 0.15) is 37.4 Å². The molecule has 1 aromatic heterocycles. The minimum atomic E-state index is 0.618. The van der Waals surface area contributed by atoms with Crippen molar-refractivity contribution in [3.05, 3.63) is 16.4 Å². The summed E-state index contributed by atoms with van der Waals surface area (Å²) in [4.78, 5) is 8.85. The number of anilines is 1. The summed E-state index contributed by atoms with van der Waals surface area (Å²) in [6, 6.07) is 0. The molecule has 0 saturated heterocycles. The third-order valence-electron chi connectivity index (χ3n) is 3.09. The Bertz CT molecular complexity index is 398. The van der Waals surface area contributed by atoms with Gasteiger partial charge in [-0.1, -0.05) is 11.6 Å². The molecule has 4 nitrogen and oxygen atoms in total. The van der Waals surface area contributed by atoms with Gasteiger partial charge < -0.3 is 10.1 Å². The van der Waals surface area contributed by atoms with Crippen LogP contribution in [0.3, 0.4) is 0 Å². The van der Waals surface area contributed by atoms with Gasteiger partial charge in [-0.3, -0.25) is 0 Å².